The first-order chi connectivity index (χ1) is 7.75. The second-order valence-corrected chi connectivity index (χ2v) is 3.31. The summed E-state index contributed by atoms with van der Waals surface area (Å²) in [7, 11) is 0. The monoisotopic (exact) mass is 272 g/mol. The minimum Gasteiger partial charge on any atom is -0.477 e. The summed E-state index contributed by atoms with van der Waals surface area (Å²) < 4.78 is 53.6. The predicted molar refractivity (Wildman–Crippen MR) is 49.6 cm³/mol. The molecule has 0 saturated heterocycles. The second-order valence-electron chi connectivity index (χ2n) is 2.90. The van der Waals surface area contributed by atoms with Crippen LogP contribution < -0.4 is 4.74 Å². The maximum atomic E-state index is 13.0. The summed E-state index contributed by atoms with van der Waals surface area (Å²) >= 11 is 5.40. The molecule has 0 amide bonds. The van der Waals surface area contributed by atoms with Crippen LogP contribution in [0.3, 0.4) is 0 Å². The Morgan fingerprint density at radius 2 is 2.00 bits per heavy atom. The Bertz CT molecular complexity index is 436. The van der Waals surface area contributed by atoms with Crippen LogP contribution in [0.4, 0.5) is 17.6 Å². The molecule has 0 saturated carbocycles. The highest BCUT2D eigenvalue weighted by Crippen LogP contribution is 2.34. The smallest absolute Gasteiger partial charge is 0.387 e. The van der Waals surface area contributed by atoms with Gasteiger partial charge in [-0.25, -0.2) is 4.79 Å². The zero-order chi connectivity index (χ0) is 13.2. The molecule has 0 radical (unpaired) electrons. The molecule has 1 aromatic rings. The Kier molecular flexibility index (Phi) is 3.82. The van der Waals surface area contributed by atoms with Gasteiger partial charge in [-0.05, 0) is 18.2 Å². The van der Waals surface area contributed by atoms with Crippen LogP contribution in [0.1, 0.15) is 5.56 Å². The van der Waals surface area contributed by atoms with Crippen molar-refractivity contribution in [2.75, 3.05) is 0 Å². The van der Waals surface area contributed by atoms with Crippen molar-refractivity contribution in [1.82, 2.24) is 0 Å². The largest absolute Gasteiger partial charge is 0.477 e. The van der Waals surface area contributed by atoms with Crippen molar-refractivity contribution in [2.45, 2.75) is 12.5 Å². The minimum absolute atomic E-state index is 0.508. The molecule has 1 aromatic carbocycles. The number of hydrogen-bond donors (Lipinski definition) is 1. The maximum absolute atomic E-state index is 13.0. The highest BCUT2D eigenvalue weighted by Gasteiger charge is 2.41. The summed E-state index contributed by atoms with van der Waals surface area (Å²) in [6, 6.07) is 1.96. The minimum atomic E-state index is -4.15. The molecule has 1 N–H and O–H groups in total. The molecule has 0 aliphatic carbocycles. The fourth-order valence-corrected chi connectivity index (χ4v) is 1.24. The van der Waals surface area contributed by atoms with Crippen molar-refractivity contribution in [3.05, 3.63) is 28.8 Å². The van der Waals surface area contributed by atoms with E-state index >= 15 is 0 Å². The third-order valence-corrected chi connectivity index (χ3v) is 2.07. The molecule has 94 valence electrons. The van der Waals surface area contributed by atoms with Crippen LogP contribution in [0.15, 0.2) is 18.2 Å². The van der Waals surface area contributed by atoms with Gasteiger partial charge in [0.25, 0.3) is 0 Å². The Morgan fingerprint density at radius 3 is 2.41 bits per heavy atom. The fourth-order valence-electron chi connectivity index (χ4n) is 1.01. The van der Waals surface area contributed by atoms with Gasteiger partial charge in [0.15, 0.2) is 0 Å². The number of alkyl halides is 4. The Balaban J connectivity index is 3.08. The number of benzene rings is 1. The van der Waals surface area contributed by atoms with Crippen molar-refractivity contribution < 1.29 is 32.2 Å². The summed E-state index contributed by atoms with van der Waals surface area (Å²) in [6.07, 6.45) is 0. The van der Waals surface area contributed by atoms with E-state index in [1.165, 1.54) is 0 Å². The number of ether oxygens (including phenoxy) is 1. The van der Waals surface area contributed by atoms with E-state index in [9.17, 15) is 22.4 Å². The van der Waals surface area contributed by atoms with E-state index in [4.69, 9.17) is 16.7 Å². The maximum Gasteiger partial charge on any atom is 0.387 e. The van der Waals surface area contributed by atoms with E-state index in [0.717, 1.165) is 6.07 Å². The highest BCUT2D eigenvalue weighted by atomic mass is 35.5. The predicted octanol–water partition coefficient (Wildman–Crippen LogP) is 3.12. The number of rotatable bonds is 4. The third kappa shape index (κ3) is 3.00. The molecule has 0 bridgehead atoms. The molecule has 0 spiro atoms. The molecule has 17 heavy (non-hydrogen) atoms. The lowest BCUT2D eigenvalue weighted by Gasteiger charge is -2.13. The van der Waals surface area contributed by atoms with Crippen molar-refractivity contribution in [2.24, 2.45) is 0 Å². The van der Waals surface area contributed by atoms with Crippen molar-refractivity contribution in [3.8, 4) is 5.75 Å². The number of hydrogen-bond acceptors (Lipinski definition) is 2. The number of carboxylic acids is 1. The Labute approximate surface area is 97.6 Å². The Hall–Kier alpha value is -1.50. The molecule has 0 fully saturated rings. The molecule has 3 nitrogen and oxygen atoms in total. The molecule has 0 atom stereocenters. The van der Waals surface area contributed by atoms with Gasteiger partial charge >= 0.3 is 18.5 Å². The van der Waals surface area contributed by atoms with Crippen LogP contribution in [0, 0.1) is 0 Å². The van der Waals surface area contributed by atoms with Gasteiger partial charge in [-0.1, -0.05) is 11.6 Å². The van der Waals surface area contributed by atoms with Crippen molar-refractivity contribution in [3.63, 3.8) is 0 Å². The van der Waals surface area contributed by atoms with Gasteiger partial charge in [0.2, 0.25) is 0 Å². The molecule has 1 rings (SSSR count). The summed E-state index contributed by atoms with van der Waals surface area (Å²) in [4.78, 5) is 10.3. The van der Waals surface area contributed by atoms with E-state index in [-0.39, 0.29) is 0 Å². The van der Waals surface area contributed by atoms with Crippen LogP contribution in [0.25, 0.3) is 0 Å². The van der Waals surface area contributed by atoms with Gasteiger partial charge in [0.05, 0.1) is 5.02 Å². The van der Waals surface area contributed by atoms with E-state index < -0.39 is 34.8 Å². The molecule has 8 heteroatoms. The van der Waals surface area contributed by atoms with Gasteiger partial charge in [0.1, 0.15) is 5.75 Å². The van der Waals surface area contributed by atoms with Crippen LogP contribution in [0.5, 0.6) is 5.75 Å². The fraction of sp³-hybridized carbons (Fsp3) is 0.222. The number of aliphatic carboxylic acids is 1. The Morgan fingerprint density at radius 1 is 1.41 bits per heavy atom. The van der Waals surface area contributed by atoms with Gasteiger partial charge in [-0.15, -0.1) is 0 Å². The van der Waals surface area contributed by atoms with Crippen molar-refractivity contribution >= 4 is 17.6 Å². The third-order valence-electron chi connectivity index (χ3n) is 1.78. The zero-order valence-corrected chi connectivity index (χ0v) is 8.72. The average molecular weight is 273 g/mol. The molecular formula is C9H5ClF4O3. The zero-order valence-electron chi connectivity index (χ0n) is 7.96. The van der Waals surface area contributed by atoms with E-state index in [0.29, 0.717) is 12.1 Å². The molecule has 0 aliphatic rings. The summed E-state index contributed by atoms with van der Waals surface area (Å²) in [5.41, 5.74) is -0.920. The summed E-state index contributed by atoms with van der Waals surface area (Å²) in [5, 5.41) is 7.73. The van der Waals surface area contributed by atoms with Gasteiger partial charge < -0.3 is 9.84 Å². The molecule has 0 heterocycles. The number of carbonyl (C=O) groups is 1. The molecular weight excluding hydrogens is 268 g/mol. The normalized spacial score (nSPS) is 11.6. The lowest BCUT2D eigenvalue weighted by molar-refractivity contribution is -0.166. The topological polar surface area (TPSA) is 46.5 Å². The molecule has 0 aliphatic heterocycles. The van der Waals surface area contributed by atoms with Crippen LogP contribution in [-0.4, -0.2) is 17.7 Å². The molecule has 0 unspecified atom stereocenters. The summed E-state index contributed by atoms with van der Waals surface area (Å²) in [5.74, 6) is -7.02. The van der Waals surface area contributed by atoms with Gasteiger partial charge in [-0.2, -0.15) is 17.6 Å². The van der Waals surface area contributed by atoms with E-state index in [2.05, 4.69) is 4.74 Å². The second kappa shape index (κ2) is 4.79. The van der Waals surface area contributed by atoms with Crippen LogP contribution >= 0.6 is 11.6 Å². The SMILES string of the molecule is O=C(O)C(F)(F)c1ccc(OC(F)F)c(Cl)c1. The average Bonchev–Trinajstić information content (AvgIpc) is 2.20. The first kappa shape index (κ1) is 13.6. The highest BCUT2D eigenvalue weighted by molar-refractivity contribution is 6.32. The lowest BCUT2D eigenvalue weighted by atomic mass is 10.1. The first-order valence-corrected chi connectivity index (χ1v) is 4.49. The molecule has 0 aromatic heterocycles. The first-order valence-electron chi connectivity index (χ1n) is 4.11. The van der Waals surface area contributed by atoms with Gasteiger partial charge in [0, 0.05) is 5.56 Å². The lowest BCUT2D eigenvalue weighted by Crippen LogP contribution is -2.25. The summed E-state index contributed by atoms with van der Waals surface area (Å²) in [6.45, 7) is -3.15. The number of carboxylic acid groups (broad SMARTS) is 1. The quantitative estimate of drug-likeness (QED) is 0.857. The van der Waals surface area contributed by atoms with Crippen LogP contribution in [0.2, 0.25) is 5.02 Å². The number of halogens is 5. The van der Waals surface area contributed by atoms with Gasteiger partial charge in [-0.3, -0.25) is 0 Å². The van der Waals surface area contributed by atoms with Crippen LogP contribution in [-0.2, 0) is 10.7 Å². The van der Waals surface area contributed by atoms with E-state index in [1.807, 2.05) is 0 Å². The van der Waals surface area contributed by atoms with E-state index in [1.54, 1.807) is 0 Å². The van der Waals surface area contributed by atoms with Crippen molar-refractivity contribution in [1.29, 1.82) is 0 Å². The standard InChI is InChI=1S/C9H5ClF4O3/c10-5-3-4(9(13,14)7(15)16)1-2-6(5)17-8(11)12/h1-3,8H,(H,15,16).